The van der Waals surface area contributed by atoms with E-state index in [2.05, 4.69) is 0 Å². The highest BCUT2D eigenvalue weighted by Gasteiger charge is 2.31. The van der Waals surface area contributed by atoms with E-state index in [0.717, 1.165) is 24.8 Å². The molecule has 0 saturated carbocycles. The zero-order valence-corrected chi connectivity index (χ0v) is 18.0. The van der Waals surface area contributed by atoms with Crippen molar-refractivity contribution in [3.05, 3.63) is 39.8 Å². The Balaban J connectivity index is 1.42. The molecule has 3 rings (SSSR count). The van der Waals surface area contributed by atoms with E-state index in [1.54, 1.807) is 17.0 Å². The summed E-state index contributed by atoms with van der Waals surface area (Å²) in [7, 11) is 0. The number of carbonyl (C=O) groups is 2. The van der Waals surface area contributed by atoms with Crippen LogP contribution in [0.25, 0.3) is 6.08 Å². The van der Waals surface area contributed by atoms with Crippen LogP contribution in [0.5, 0.6) is 0 Å². The predicted molar refractivity (Wildman–Crippen MR) is 117 cm³/mol. The third kappa shape index (κ3) is 5.80. The molecule has 0 radical (unpaired) electrons. The van der Waals surface area contributed by atoms with E-state index >= 15 is 0 Å². The van der Waals surface area contributed by atoms with E-state index in [9.17, 15) is 9.59 Å². The van der Waals surface area contributed by atoms with Crippen LogP contribution in [0.15, 0.2) is 29.2 Å². The number of nitrogens with zero attached hydrogens (tertiary/aromatic N) is 2. The average Bonchev–Trinajstić information content (AvgIpc) is 2.97. The maximum absolute atomic E-state index is 12.6. The molecule has 0 atom stereocenters. The molecule has 150 valence electrons. The monoisotopic (exact) mass is 438 g/mol. The summed E-state index contributed by atoms with van der Waals surface area (Å²) in [5.41, 5.74) is 0.923. The second-order valence-electron chi connectivity index (χ2n) is 6.69. The van der Waals surface area contributed by atoms with Crippen molar-refractivity contribution in [1.29, 1.82) is 0 Å². The van der Waals surface area contributed by atoms with Crippen molar-refractivity contribution < 1.29 is 14.3 Å². The number of unbranched alkanes of at least 4 members (excludes halogenated alkanes) is 2. The molecule has 2 saturated heterocycles. The van der Waals surface area contributed by atoms with Crippen LogP contribution in [0.1, 0.15) is 31.2 Å². The van der Waals surface area contributed by atoms with Crippen molar-refractivity contribution in [3.8, 4) is 0 Å². The Labute approximate surface area is 180 Å². The quantitative estimate of drug-likeness (QED) is 0.366. The fraction of sp³-hybridized carbons (Fsp3) is 0.450. The molecule has 28 heavy (non-hydrogen) atoms. The van der Waals surface area contributed by atoms with Crippen molar-refractivity contribution in [3.63, 3.8) is 0 Å². The van der Waals surface area contributed by atoms with E-state index in [1.807, 2.05) is 23.1 Å². The van der Waals surface area contributed by atoms with Crippen LogP contribution in [-0.4, -0.2) is 58.8 Å². The third-order valence-electron chi connectivity index (χ3n) is 4.68. The highest BCUT2D eigenvalue weighted by Crippen LogP contribution is 2.33. The minimum Gasteiger partial charge on any atom is -0.378 e. The first-order valence-electron chi connectivity index (χ1n) is 9.41. The van der Waals surface area contributed by atoms with Gasteiger partial charge in [-0.1, -0.05) is 54.1 Å². The maximum Gasteiger partial charge on any atom is 0.266 e. The Hall–Kier alpha value is -1.41. The number of hydrogen-bond donors (Lipinski definition) is 0. The van der Waals surface area contributed by atoms with Gasteiger partial charge in [-0.05, 0) is 36.6 Å². The lowest BCUT2D eigenvalue weighted by Gasteiger charge is -2.26. The summed E-state index contributed by atoms with van der Waals surface area (Å²) >= 11 is 12.6. The fourth-order valence-electron chi connectivity index (χ4n) is 3.10. The van der Waals surface area contributed by atoms with Crippen molar-refractivity contribution in [1.82, 2.24) is 9.80 Å². The van der Waals surface area contributed by atoms with Crippen molar-refractivity contribution in [2.45, 2.75) is 25.7 Å². The molecule has 2 aliphatic heterocycles. The zero-order valence-electron chi connectivity index (χ0n) is 15.6. The van der Waals surface area contributed by atoms with E-state index in [0.29, 0.717) is 53.5 Å². The molecule has 2 amide bonds. The lowest BCUT2D eigenvalue weighted by atomic mass is 10.1. The maximum atomic E-state index is 12.6. The van der Waals surface area contributed by atoms with Crippen LogP contribution < -0.4 is 0 Å². The first-order valence-corrected chi connectivity index (χ1v) is 11.0. The Morgan fingerprint density at radius 2 is 1.89 bits per heavy atom. The van der Waals surface area contributed by atoms with Gasteiger partial charge in [0.15, 0.2) is 0 Å². The molecular formula is C20H23ClN2O3S2. The van der Waals surface area contributed by atoms with Gasteiger partial charge in [-0.3, -0.25) is 14.5 Å². The number of hydrogen-bond acceptors (Lipinski definition) is 5. The second kappa shape index (κ2) is 10.4. The Bertz CT molecular complexity index is 761. The highest BCUT2D eigenvalue weighted by atomic mass is 35.5. The standard InChI is InChI=1S/C20H23ClN2O3S2/c21-16-7-5-15(6-8-16)14-17-19(25)23(20(27)28-17)9-3-1-2-4-18(24)22-10-12-26-13-11-22/h5-8,14H,1-4,9-13H2/b17-14-. The smallest absolute Gasteiger partial charge is 0.266 e. The number of carbonyl (C=O) groups excluding carboxylic acids is 2. The second-order valence-corrected chi connectivity index (χ2v) is 8.80. The lowest BCUT2D eigenvalue weighted by molar-refractivity contribution is -0.135. The molecule has 0 spiro atoms. The molecule has 1 aromatic rings. The van der Waals surface area contributed by atoms with Crippen molar-refractivity contribution in [2.75, 3.05) is 32.8 Å². The van der Waals surface area contributed by atoms with Gasteiger partial charge in [0.2, 0.25) is 5.91 Å². The van der Waals surface area contributed by atoms with Crippen LogP contribution in [-0.2, 0) is 14.3 Å². The molecule has 5 nitrogen and oxygen atoms in total. The predicted octanol–water partition coefficient (Wildman–Crippen LogP) is 3.96. The number of ether oxygens (including phenoxy) is 1. The molecule has 0 unspecified atom stereocenters. The molecule has 0 aliphatic carbocycles. The van der Waals surface area contributed by atoms with Gasteiger partial charge in [0.25, 0.3) is 5.91 Å². The van der Waals surface area contributed by atoms with Gasteiger partial charge in [-0.25, -0.2) is 0 Å². The number of halogens is 1. The Morgan fingerprint density at radius 3 is 2.61 bits per heavy atom. The molecule has 0 N–H and O–H groups in total. The summed E-state index contributed by atoms with van der Waals surface area (Å²) in [6, 6.07) is 7.35. The Kier molecular flexibility index (Phi) is 7.91. The average molecular weight is 439 g/mol. The number of morpholine rings is 1. The van der Waals surface area contributed by atoms with Crippen LogP contribution in [0.3, 0.4) is 0 Å². The minimum atomic E-state index is -0.0469. The van der Waals surface area contributed by atoms with Crippen LogP contribution in [0, 0.1) is 0 Å². The Morgan fingerprint density at radius 1 is 1.18 bits per heavy atom. The SMILES string of the molecule is O=C(CCCCCN1C(=O)/C(=C/c2ccc(Cl)cc2)SC1=S)N1CCOCC1. The van der Waals surface area contributed by atoms with Gasteiger partial charge in [-0.15, -0.1) is 0 Å². The van der Waals surface area contributed by atoms with E-state index in [4.69, 9.17) is 28.6 Å². The van der Waals surface area contributed by atoms with Crippen molar-refractivity contribution >= 4 is 57.8 Å². The molecule has 8 heteroatoms. The van der Waals surface area contributed by atoms with Crippen LogP contribution in [0.2, 0.25) is 5.02 Å². The first-order chi connectivity index (χ1) is 13.5. The molecule has 0 aromatic heterocycles. The summed E-state index contributed by atoms with van der Waals surface area (Å²) in [4.78, 5) is 28.9. The van der Waals surface area contributed by atoms with Gasteiger partial charge in [0.1, 0.15) is 4.32 Å². The van der Waals surface area contributed by atoms with Crippen LogP contribution >= 0.6 is 35.6 Å². The summed E-state index contributed by atoms with van der Waals surface area (Å²) in [5.74, 6) is 0.147. The van der Waals surface area contributed by atoms with Gasteiger partial charge in [-0.2, -0.15) is 0 Å². The number of amides is 2. The molecule has 2 fully saturated rings. The largest absolute Gasteiger partial charge is 0.378 e. The van der Waals surface area contributed by atoms with Gasteiger partial charge >= 0.3 is 0 Å². The van der Waals surface area contributed by atoms with E-state index < -0.39 is 0 Å². The molecular weight excluding hydrogens is 416 g/mol. The third-order valence-corrected chi connectivity index (χ3v) is 6.31. The normalized spacial score (nSPS) is 19.0. The van der Waals surface area contributed by atoms with Crippen LogP contribution in [0.4, 0.5) is 0 Å². The minimum absolute atomic E-state index is 0.0469. The lowest BCUT2D eigenvalue weighted by Crippen LogP contribution is -2.40. The number of thioether (sulfide) groups is 1. The number of benzene rings is 1. The molecule has 1 aromatic carbocycles. The zero-order chi connectivity index (χ0) is 19.9. The first kappa shape index (κ1) is 21.3. The molecule has 2 heterocycles. The topological polar surface area (TPSA) is 49.9 Å². The fourth-order valence-corrected chi connectivity index (χ4v) is 4.53. The summed E-state index contributed by atoms with van der Waals surface area (Å²) in [6.45, 7) is 3.23. The van der Waals surface area contributed by atoms with Gasteiger partial charge in [0, 0.05) is 31.1 Å². The molecule has 2 aliphatic rings. The van der Waals surface area contributed by atoms with E-state index in [1.165, 1.54) is 11.8 Å². The van der Waals surface area contributed by atoms with E-state index in [-0.39, 0.29) is 11.8 Å². The highest BCUT2D eigenvalue weighted by molar-refractivity contribution is 8.26. The van der Waals surface area contributed by atoms with Crippen molar-refractivity contribution in [2.24, 2.45) is 0 Å². The van der Waals surface area contributed by atoms with Gasteiger partial charge in [0.05, 0.1) is 18.1 Å². The summed E-state index contributed by atoms with van der Waals surface area (Å²) < 4.78 is 5.86. The van der Waals surface area contributed by atoms with Gasteiger partial charge < -0.3 is 9.64 Å². The summed E-state index contributed by atoms with van der Waals surface area (Å²) in [5, 5.41) is 0.664. The molecule has 0 bridgehead atoms. The number of thiocarbonyl (C=S) groups is 1. The summed E-state index contributed by atoms with van der Waals surface area (Å²) in [6.07, 6.45) is 4.94. The number of rotatable bonds is 7.